The summed E-state index contributed by atoms with van der Waals surface area (Å²) in [5.74, 6) is -2.79. The Kier molecular flexibility index (Phi) is 5.77. The van der Waals surface area contributed by atoms with Gasteiger partial charge in [-0.25, -0.2) is 0 Å². The minimum Gasteiger partial charge on any atom is -0.348 e. The van der Waals surface area contributed by atoms with Gasteiger partial charge in [0.15, 0.2) is 0 Å². The Balaban J connectivity index is 1.99. The summed E-state index contributed by atoms with van der Waals surface area (Å²) in [5.41, 5.74) is -0.634. The normalized spacial score (nSPS) is 11.8. The van der Waals surface area contributed by atoms with Crippen LogP contribution >= 0.6 is 0 Å². The third kappa shape index (κ3) is 5.73. The molecule has 4 nitrogen and oxygen atoms in total. The Labute approximate surface area is 149 Å². The third-order valence-electron chi connectivity index (χ3n) is 3.37. The fraction of sp³-hybridized carbons (Fsp3) is 0.176. The van der Waals surface area contributed by atoms with Crippen LogP contribution in [0.5, 0.6) is 0 Å². The Morgan fingerprint density at radius 1 is 0.889 bits per heavy atom. The minimum absolute atomic E-state index is 0.00970. The molecule has 0 saturated carbocycles. The van der Waals surface area contributed by atoms with Gasteiger partial charge in [0.25, 0.3) is 5.91 Å². The van der Waals surface area contributed by atoms with Crippen molar-refractivity contribution in [2.24, 2.45) is 0 Å². The fourth-order valence-electron chi connectivity index (χ4n) is 2.06. The maximum Gasteiger partial charge on any atom is 0.471 e. The summed E-state index contributed by atoms with van der Waals surface area (Å²) in [5, 5.41) is 4.11. The van der Waals surface area contributed by atoms with Crippen LogP contribution in [0.2, 0.25) is 0 Å². The number of anilines is 1. The van der Waals surface area contributed by atoms with Crippen molar-refractivity contribution in [2.75, 3.05) is 5.32 Å². The van der Waals surface area contributed by atoms with Gasteiger partial charge in [0.05, 0.1) is 5.56 Å². The van der Waals surface area contributed by atoms with E-state index in [1.165, 1.54) is 24.3 Å². The number of halogens is 6. The summed E-state index contributed by atoms with van der Waals surface area (Å²) < 4.78 is 74.2. The molecule has 0 aromatic heterocycles. The van der Waals surface area contributed by atoms with E-state index in [1.54, 1.807) is 5.32 Å². The summed E-state index contributed by atoms with van der Waals surface area (Å²) in [6, 6.07) is 8.91. The maximum atomic E-state index is 12.5. The van der Waals surface area contributed by atoms with E-state index in [0.717, 1.165) is 24.3 Å². The van der Waals surface area contributed by atoms with E-state index >= 15 is 0 Å². The summed E-state index contributed by atoms with van der Waals surface area (Å²) >= 11 is 0. The predicted molar refractivity (Wildman–Crippen MR) is 83.7 cm³/mol. The first kappa shape index (κ1) is 20.3. The largest absolute Gasteiger partial charge is 0.471 e. The van der Waals surface area contributed by atoms with E-state index in [4.69, 9.17) is 0 Å². The molecule has 0 bridgehead atoms. The quantitative estimate of drug-likeness (QED) is 0.772. The highest BCUT2D eigenvalue weighted by molar-refractivity contribution is 5.95. The van der Waals surface area contributed by atoms with Crippen LogP contribution in [0.15, 0.2) is 48.5 Å². The van der Waals surface area contributed by atoms with Crippen molar-refractivity contribution in [1.29, 1.82) is 0 Å². The molecule has 2 N–H and O–H groups in total. The Bertz CT molecular complexity index is 829. The highest BCUT2D eigenvalue weighted by Crippen LogP contribution is 2.29. The third-order valence-corrected chi connectivity index (χ3v) is 3.37. The average Bonchev–Trinajstić information content (AvgIpc) is 2.58. The van der Waals surface area contributed by atoms with Crippen LogP contribution in [0.25, 0.3) is 0 Å². The second-order valence-corrected chi connectivity index (χ2v) is 5.41. The van der Waals surface area contributed by atoms with E-state index < -0.39 is 29.7 Å². The first-order chi connectivity index (χ1) is 12.5. The van der Waals surface area contributed by atoms with Crippen LogP contribution in [0.4, 0.5) is 32.0 Å². The standard InChI is InChI=1S/C17H12F6N2O2/c18-16(19,20)12-6-4-11(5-7-12)14(26)24-9-10-2-1-3-13(8-10)25-15(27)17(21,22)23/h1-8H,9H2,(H,24,26)(H,25,27). The van der Waals surface area contributed by atoms with Gasteiger partial charge < -0.3 is 10.6 Å². The van der Waals surface area contributed by atoms with Crippen molar-refractivity contribution in [3.63, 3.8) is 0 Å². The zero-order valence-electron chi connectivity index (χ0n) is 13.4. The van der Waals surface area contributed by atoms with Crippen molar-refractivity contribution < 1.29 is 35.9 Å². The SMILES string of the molecule is O=C(NCc1cccc(NC(=O)C(F)(F)F)c1)c1ccc(C(F)(F)F)cc1. The first-order valence-electron chi connectivity index (χ1n) is 7.39. The van der Waals surface area contributed by atoms with Gasteiger partial charge in [-0.3, -0.25) is 9.59 Å². The summed E-state index contributed by atoms with van der Waals surface area (Å²) in [6.07, 6.45) is -9.55. The number of benzene rings is 2. The number of hydrogen-bond donors (Lipinski definition) is 2. The molecule has 10 heteroatoms. The molecule has 0 saturated heterocycles. The average molecular weight is 390 g/mol. The van der Waals surface area contributed by atoms with Gasteiger partial charge in [0.1, 0.15) is 0 Å². The zero-order valence-corrected chi connectivity index (χ0v) is 13.4. The topological polar surface area (TPSA) is 58.2 Å². The minimum atomic E-state index is -5.03. The van der Waals surface area contributed by atoms with E-state index in [-0.39, 0.29) is 17.8 Å². The molecule has 2 rings (SSSR count). The molecule has 0 aliphatic carbocycles. The lowest BCUT2D eigenvalue weighted by molar-refractivity contribution is -0.167. The van der Waals surface area contributed by atoms with Crippen LogP contribution < -0.4 is 10.6 Å². The van der Waals surface area contributed by atoms with Gasteiger partial charge in [-0.05, 0) is 42.0 Å². The number of alkyl halides is 6. The van der Waals surface area contributed by atoms with Crippen molar-refractivity contribution in [3.05, 3.63) is 65.2 Å². The van der Waals surface area contributed by atoms with Gasteiger partial charge in [0, 0.05) is 17.8 Å². The Hall–Kier alpha value is -3.04. The van der Waals surface area contributed by atoms with Crippen LogP contribution in [0, 0.1) is 0 Å². The lowest BCUT2D eigenvalue weighted by atomic mass is 10.1. The smallest absolute Gasteiger partial charge is 0.348 e. The Morgan fingerprint density at radius 3 is 2.07 bits per heavy atom. The van der Waals surface area contributed by atoms with Crippen molar-refractivity contribution in [2.45, 2.75) is 18.9 Å². The molecule has 0 fully saturated rings. The molecule has 144 valence electrons. The van der Waals surface area contributed by atoms with E-state index in [2.05, 4.69) is 5.32 Å². The number of carbonyl (C=O) groups is 2. The molecule has 2 amide bonds. The van der Waals surface area contributed by atoms with Crippen LogP contribution in [-0.4, -0.2) is 18.0 Å². The molecule has 0 unspecified atom stereocenters. The summed E-state index contributed by atoms with van der Waals surface area (Å²) in [7, 11) is 0. The molecule has 0 atom stereocenters. The molecule has 2 aromatic rings. The predicted octanol–water partition coefficient (Wildman–Crippen LogP) is 4.14. The molecule has 0 spiro atoms. The van der Waals surface area contributed by atoms with E-state index in [9.17, 15) is 35.9 Å². The maximum absolute atomic E-state index is 12.5. The van der Waals surface area contributed by atoms with Crippen molar-refractivity contribution in [3.8, 4) is 0 Å². The number of nitrogens with one attached hydrogen (secondary N) is 2. The molecular weight excluding hydrogens is 378 g/mol. The summed E-state index contributed by atoms with van der Waals surface area (Å²) in [4.78, 5) is 22.9. The fourth-order valence-corrected chi connectivity index (χ4v) is 2.06. The van der Waals surface area contributed by atoms with Gasteiger partial charge in [-0.2, -0.15) is 26.3 Å². The van der Waals surface area contributed by atoms with Crippen LogP contribution in [-0.2, 0) is 17.5 Å². The van der Waals surface area contributed by atoms with E-state index in [0.29, 0.717) is 5.56 Å². The summed E-state index contributed by atoms with van der Waals surface area (Å²) in [6.45, 7) is -0.102. The van der Waals surface area contributed by atoms with Crippen LogP contribution in [0.3, 0.4) is 0 Å². The molecule has 0 radical (unpaired) electrons. The van der Waals surface area contributed by atoms with Crippen molar-refractivity contribution in [1.82, 2.24) is 5.32 Å². The molecular formula is C17H12F6N2O2. The van der Waals surface area contributed by atoms with Gasteiger partial charge in [0.2, 0.25) is 0 Å². The number of carbonyl (C=O) groups excluding carboxylic acids is 2. The molecule has 0 aliphatic rings. The lowest BCUT2D eigenvalue weighted by Crippen LogP contribution is -2.30. The second-order valence-electron chi connectivity index (χ2n) is 5.41. The van der Waals surface area contributed by atoms with Gasteiger partial charge >= 0.3 is 18.3 Å². The highest BCUT2D eigenvalue weighted by Gasteiger charge is 2.38. The van der Waals surface area contributed by atoms with E-state index in [1.807, 2.05) is 0 Å². The van der Waals surface area contributed by atoms with Crippen molar-refractivity contribution >= 4 is 17.5 Å². The van der Waals surface area contributed by atoms with Gasteiger partial charge in [-0.15, -0.1) is 0 Å². The number of hydrogen-bond acceptors (Lipinski definition) is 2. The second kappa shape index (κ2) is 7.68. The van der Waals surface area contributed by atoms with Gasteiger partial charge in [-0.1, -0.05) is 12.1 Å². The lowest BCUT2D eigenvalue weighted by Gasteiger charge is -2.10. The molecule has 27 heavy (non-hydrogen) atoms. The number of rotatable bonds is 4. The number of amides is 2. The van der Waals surface area contributed by atoms with Crippen LogP contribution in [0.1, 0.15) is 21.5 Å². The first-order valence-corrected chi connectivity index (χ1v) is 7.39. The molecule has 0 heterocycles. The molecule has 2 aromatic carbocycles. The monoisotopic (exact) mass is 390 g/mol. The zero-order chi connectivity index (χ0) is 20.2. The Morgan fingerprint density at radius 2 is 1.52 bits per heavy atom. The highest BCUT2D eigenvalue weighted by atomic mass is 19.4. The molecule has 0 aliphatic heterocycles.